The molecule has 9 heteroatoms. The topological polar surface area (TPSA) is 128 Å². The second kappa shape index (κ2) is 7.72. The summed E-state index contributed by atoms with van der Waals surface area (Å²) in [6.45, 7) is 2.80. The predicted molar refractivity (Wildman–Crippen MR) is 75.2 cm³/mol. The minimum Gasteiger partial charge on any atom is -0.452 e. The fourth-order valence-electron chi connectivity index (χ4n) is 1.39. The molecule has 22 heavy (non-hydrogen) atoms. The zero-order valence-electron chi connectivity index (χ0n) is 12.0. The van der Waals surface area contributed by atoms with Crippen LogP contribution >= 0.6 is 0 Å². The molecule has 0 aliphatic heterocycles. The van der Waals surface area contributed by atoms with Crippen LogP contribution in [0.4, 0.5) is 10.5 Å². The Balaban J connectivity index is 2.47. The van der Waals surface area contributed by atoms with E-state index in [1.807, 2.05) is 5.32 Å². The Hall–Kier alpha value is -2.97. The minimum atomic E-state index is -0.825. The van der Waals surface area contributed by atoms with E-state index < -0.39 is 29.4 Å². The molecule has 0 aliphatic carbocycles. The summed E-state index contributed by atoms with van der Waals surface area (Å²) < 4.78 is 4.70. The normalized spacial score (nSPS) is 9.95. The number of hydrogen-bond donors (Lipinski definition) is 2. The fraction of sp³-hybridized carbons (Fsp3) is 0.308. The van der Waals surface area contributed by atoms with Gasteiger partial charge in [0, 0.05) is 18.2 Å². The van der Waals surface area contributed by atoms with Crippen molar-refractivity contribution in [3.8, 4) is 0 Å². The van der Waals surface area contributed by atoms with Gasteiger partial charge in [-0.2, -0.15) is 0 Å². The maximum absolute atomic E-state index is 11.6. The fourth-order valence-corrected chi connectivity index (χ4v) is 1.39. The van der Waals surface area contributed by atoms with E-state index in [0.29, 0.717) is 0 Å². The molecule has 0 saturated carbocycles. The van der Waals surface area contributed by atoms with Crippen LogP contribution < -0.4 is 10.6 Å². The van der Waals surface area contributed by atoms with Crippen LogP contribution in [-0.2, 0) is 9.53 Å². The largest absolute Gasteiger partial charge is 0.452 e. The van der Waals surface area contributed by atoms with Crippen LogP contribution in [0.1, 0.15) is 24.2 Å². The maximum atomic E-state index is 11.6. The lowest BCUT2D eigenvalue weighted by molar-refractivity contribution is -0.384. The molecule has 0 fully saturated rings. The van der Waals surface area contributed by atoms with Crippen molar-refractivity contribution >= 4 is 23.6 Å². The number of hydrogen-bond acceptors (Lipinski definition) is 6. The highest BCUT2D eigenvalue weighted by Crippen LogP contribution is 2.12. The highest BCUT2D eigenvalue weighted by Gasteiger charge is 2.14. The van der Waals surface area contributed by atoms with Gasteiger partial charge in [0.2, 0.25) is 0 Å². The van der Waals surface area contributed by atoms with Crippen LogP contribution in [0.2, 0.25) is 0 Å². The number of nitrogens with one attached hydrogen (secondary N) is 2. The van der Waals surface area contributed by atoms with E-state index in [1.54, 1.807) is 13.8 Å². The standard InChI is InChI=1S/C13H15N3O6/c1-8(2)14-13(19)15-11(17)7-22-12(18)9-3-5-10(6-4-9)16(20)21/h3-6,8H,7H2,1-2H3,(H2,14,15,17,19). The minimum absolute atomic E-state index is 0.0602. The van der Waals surface area contributed by atoms with Crippen molar-refractivity contribution in [2.45, 2.75) is 19.9 Å². The first-order valence-electron chi connectivity index (χ1n) is 6.31. The summed E-state index contributed by atoms with van der Waals surface area (Å²) in [4.78, 5) is 44.1. The number of nitro benzene ring substituents is 1. The van der Waals surface area contributed by atoms with Gasteiger partial charge in [-0.3, -0.25) is 20.2 Å². The summed E-state index contributed by atoms with van der Waals surface area (Å²) in [6.07, 6.45) is 0. The number of ether oxygens (including phenoxy) is 1. The summed E-state index contributed by atoms with van der Waals surface area (Å²) in [7, 11) is 0. The molecule has 1 aromatic rings. The second-order valence-electron chi connectivity index (χ2n) is 4.56. The van der Waals surface area contributed by atoms with Crippen molar-refractivity contribution < 1.29 is 24.0 Å². The average Bonchev–Trinajstić information content (AvgIpc) is 2.43. The third-order valence-corrected chi connectivity index (χ3v) is 2.32. The van der Waals surface area contributed by atoms with Crippen molar-refractivity contribution in [1.29, 1.82) is 0 Å². The molecule has 0 heterocycles. The third kappa shape index (κ3) is 5.57. The van der Waals surface area contributed by atoms with Gasteiger partial charge < -0.3 is 10.1 Å². The SMILES string of the molecule is CC(C)NC(=O)NC(=O)COC(=O)c1ccc([N+](=O)[O-])cc1. The lowest BCUT2D eigenvalue weighted by atomic mass is 10.2. The Morgan fingerprint density at radius 2 is 1.82 bits per heavy atom. The first-order chi connectivity index (χ1) is 10.3. The van der Waals surface area contributed by atoms with E-state index in [1.165, 1.54) is 12.1 Å². The van der Waals surface area contributed by atoms with Gasteiger partial charge in [0.25, 0.3) is 11.6 Å². The number of carbonyl (C=O) groups excluding carboxylic acids is 3. The Morgan fingerprint density at radius 3 is 2.32 bits per heavy atom. The highest BCUT2D eigenvalue weighted by atomic mass is 16.6. The molecule has 0 unspecified atom stereocenters. The number of carbonyl (C=O) groups is 3. The molecular formula is C13H15N3O6. The maximum Gasteiger partial charge on any atom is 0.338 e. The molecule has 9 nitrogen and oxygen atoms in total. The van der Waals surface area contributed by atoms with Crippen LogP contribution in [0, 0.1) is 10.1 Å². The Kier molecular flexibility index (Phi) is 5.99. The number of nitro groups is 1. The van der Waals surface area contributed by atoms with Crippen LogP contribution in [0.15, 0.2) is 24.3 Å². The number of nitrogens with zero attached hydrogens (tertiary/aromatic N) is 1. The summed E-state index contributed by atoms with van der Waals surface area (Å²) in [5, 5.41) is 14.9. The van der Waals surface area contributed by atoms with Crippen molar-refractivity contribution in [2.75, 3.05) is 6.61 Å². The van der Waals surface area contributed by atoms with Gasteiger partial charge in [0.05, 0.1) is 10.5 Å². The molecule has 3 amide bonds. The van der Waals surface area contributed by atoms with Gasteiger partial charge >= 0.3 is 12.0 Å². The molecular weight excluding hydrogens is 294 g/mol. The zero-order valence-corrected chi connectivity index (χ0v) is 12.0. The molecule has 0 bridgehead atoms. The molecule has 1 aromatic carbocycles. The number of benzene rings is 1. The van der Waals surface area contributed by atoms with E-state index in [9.17, 15) is 24.5 Å². The quantitative estimate of drug-likeness (QED) is 0.474. The van der Waals surface area contributed by atoms with Gasteiger partial charge in [-0.05, 0) is 26.0 Å². The van der Waals surface area contributed by atoms with Crippen LogP contribution in [-0.4, -0.2) is 35.5 Å². The predicted octanol–water partition coefficient (Wildman–Crippen LogP) is 0.986. The van der Waals surface area contributed by atoms with E-state index in [2.05, 4.69) is 5.32 Å². The van der Waals surface area contributed by atoms with Crippen molar-refractivity contribution in [3.05, 3.63) is 39.9 Å². The summed E-state index contributed by atoms with van der Waals surface area (Å²) in [5.41, 5.74) is -0.107. The number of non-ortho nitro benzene ring substituents is 1. The third-order valence-electron chi connectivity index (χ3n) is 2.32. The number of esters is 1. The second-order valence-corrected chi connectivity index (χ2v) is 4.56. The average molecular weight is 309 g/mol. The molecule has 2 N–H and O–H groups in total. The molecule has 0 spiro atoms. The molecule has 118 valence electrons. The van der Waals surface area contributed by atoms with E-state index in [4.69, 9.17) is 4.74 Å². The Labute approximate surface area is 125 Å². The highest BCUT2D eigenvalue weighted by molar-refractivity contribution is 5.97. The smallest absolute Gasteiger partial charge is 0.338 e. The van der Waals surface area contributed by atoms with E-state index >= 15 is 0 Å². The lowest BCUT2D eigenvalue weighted by Gasteiger charge is -2.09. The molecule has 0 radical (unpaired) electrons. The molecule has 0 aliphatic rings. The van der Waals surface area contributed by atoms with Crippen molar-refractivity contribution in [1.82, 2.24) is 10.6 Å². The number of rotatable bonds is 5. The molecule has 0 aromatic heterocycles. The van der Waals surface area contributed by atoms with Gasteiger partial charge in [-0.25, -0.2) is 9.59 Å². The monoisotopic (exact) mass is 309 g/mol. The summed E-state index contributed by atoms with van der Waals surface area (Å²) >= 11 is 0. The van der Waals surface area contributed by atoms with Gasteiger partial charge in [-0.15, -0.1) is 0 Å². The zero-order chi connectivity index (χ0) is 16.7. The van der Waals surface area contributed by atoms with Gasteiger partial charge in [0.1, 0.15) is 0 Å². The Bertz CT molecular complexity index is 582. The van der Waals surface area contributed by atoms with Crippen LogP contribution in [0.25, 0.3) is 0 Å². The summed E-state index contributed by atoms with van der Waals surface area (Å²) in [6, 6.07) is 3.88. The van der Waals surface area contributed by atoms with Crippen LogP contribution in [0.5, 0.6) is 0 Å². The van der Waals surface area contributed by atoms with Crippen LogP contribution in [0.3, 0.4) is 0 Å². The number of urea groups is 1. The number of amides is 3. The van der Waals surface area contributed by atoms with Gasteiger partial charge in [-0.1, -0.05) is 0 Å². The Morgan fingerprint density at radius 1 is 1.23 bits per heavy atom. The molecule has 1 rings (SSSR count). The molecule has 0 saturated heterocycles. The first kappa shape index (κ1) is 17.1. The van der Waals surface area contributed by atoms with Gasteiger partial charge in [0.15, 0.2) is 6.61 Å². The first-order valence-corrected chi connectivity index (χ1v) is 6.31. The molecule has 0 atom stereocenters. The van der Waals surface area contributed by atoms with Crippen molar-refractivity contribution in [3.63, 3.8) is 0 Å². The van der Waals surface area contributed by atoms with E-state index in [-0.39, 0.29) is 17.3 Å². The number of imide groups is 1. The van der Waals surface area contributed by atoms with Crippen molar-refractivity contribution in [2.24, 2.45) is 0 Å². The van der Waals surface area contributed by atoms with E-state index in [0.717, 1.165) is 12.1 Å². The summed E-state index contributed by atoms with van der Waals surface area (Å²) in [5.74, 6) is -1.61. The lowest BCUT2D eigenvalue weighted by Crippen LogP contribution is -2.44.